The van der Waals surface area contributed by atoms with Gasteiger partial charge < -0.3 is 38.1 Å². The molecule has 14 heteroatoms. The zero-order valence-corrected chi connectivity index (χ0v) is 28.0. The predicted molar refractivity (Wildman–Crippen MR) is 177 cm³/mol. The van der Waals surface area contributed by atoms with Crippen LogP contribution < -0.4 is 9.47 Å². The maximum atomic E-state index is 12.6. The van der Waals surface area contributed by atoms with Crippen LogP contribution >= 0.6 is 0 Å². The number of allylic oxidation sites excluding steroid dienone is 2. The number of carbonyl (C=O) groups excluding carboxylic acids is 6. The van der Waals surface area contributed by atoms with Crippen LogP contribution in [0.2, 0.25) is 0 Å². The number of aromatic amines is 1. The first-order valence-electron chi connectivity index (χ1n) is 15.5. The van der Waals surface area contributed by atoms with Crippen LogP contribution in [0, 0.1) is 0 Å². The first-order valence-corrected chi connectivity index (χ1v) is 15.5. The maximum absolute atomic E-state index is 12.6. The number of fused-ring (bicyclic) bond motifs is 1. The Balaban J connectivity index is 1.49. The molecule has 4 rings (SSSR count). The maximum Gasteiger partial charge on any atom is 0.303 e. The quantitative estimate of drug-likeness (QED) is 0.111. The van der Waals surface area contributed by atoms with Crippen LogP contribution in [0.3, 0.4) is 0 Å². The lowest BCUT2D eigenvalue weighted by Gasteiger charge is -2.43. The molecule has 1 saturated heterocycles. The van der Waals surface area contributed by atoms with E-state index in [0.29, 0.717) is 5.56 Å². The van der Waals surface area contributed by atoms with E-state index in [-0.39, 0.29) is 23.7 Å². The standard InChI is InChI=1S/C36H37NO13/c1-20(38)45-19-32-33(46-21(2)39)34(47-22(3)40)35(48-23(4)41)36(50-32)49-29-13-10-26(31(18-29)44-5)9-12-28(43)17-27(42)11-7-24-6-8-25-14-15-37-30(25)16-24/h6-16,18,32-37H,17,19H2,1-5H3/b11-7+,12-9+/t32-,33-,34+,35-,36-/m1/s1. The second kappa shape index (κ2) is 17.1. The number of aromatic nitrogens is 1. The van der Waals surface area contributed by atoms with E-state index in [0.717, 1.165) is 37.2 Å². The highest BCUT2D eigenvalue weighted by Crippen LogP contribution is 2.33. The Morgan fingerprint density at radius 1 is 0.760 bits per heavy atom. The molecule has 2 heterocycles. The number of hydrogen-bond donors (Lipinski definition) is 1. The molecule has 0 bridgehead atoms. The Bertz CT molecular complexity index is 1810. The van der Waals surface area contributed by atoms with Crippen LogP contribution in [-0.4, -0.2) is 84.9 Å². The second-order valence-electron chi connectivity index (χ2n) is 11.2. The van der Waals surface area contributed by atoms with Gasteiger partial charge in [-0.05, 0) is 53.4 Å². The fraction of sp³-hybridized carbons (Fsp3) is 0.333. The molecule has 264 valence electrons. The molecule has 0 spiro atoms. The van der Waals surface area contributed by atoms with Crippen molar-refractivity contribution >= 4 is 58.5 Å². The van der Waals surface area contributed by atoms with Crippen LogP contribution in [0.4, 0.5) is 0 Å². The number of hydrogen-bond acceptors (Lipinski definition) is 13. The topological polar surface area (TPSA) is 183 Å². The van der Waals surface area contributed by atoms with Gasteiger partial charge in [-0.1, -0.05) is 18.2 Å². The smallest absolute Gasteiger partial charge is 0.303 e. The van der Waals surface area contributed by atoms with E-state index >= 15 is 0 Å². The molecule has 1 aliphatic heterocycles. The van der Waals surface area contributed by atoms with Gasteiger partial charge in [-0.2, -0.15) is 0 Å². The van der Waals surface area contributed by atoms with E-state index < -0.39 is 67.0 Å². The van der Waals surface area contributed by atoms with Gasteiger partial charge in [0.05, 0.1) is 13.5 Å². The summed E-state index contributed by atoms with van der Waals surface area (Å²) in [6.07, 6.45) is 0.404. The number of carbonyl (C=O) groups is 6. The van der Waals surface area contributed by atoms with E-state index in [1.807, 2.05) is 30.5 Å². The van der Waals surface area contributed by atoms with Crippen LogP contribution in [0.1, 0.15) is 45.2 Å². The third-order valence-corrected chi connectivity index (χ3v) is 7.24. The third-order valence-electron chi connectivity index (χ3n) is 7.24. The Kier molecular flexibility index (Phi) is 12.6. The second-order valence-corrected chi connectivity index (χ2v) is 11.2. The normalized spacial score (nSPS) is 20.3. The van der Waals surface area contributed by atoms with Crippen molar-refractivity contribution in [3.63, 3.8) is 0 Å². The molecule has 0 unspecified atom stereocenters. The number of nitrogens with one attached hydrogen (secondary N) is 1. The van der Waals surface area contributed by atoms with Crippen LogP contribution in [0.25, 0.3) is 23.1 Å². The Morgan fingerprint density at radius 3 is 2.08 bits per heavy atom. The van der Waals surface area contributed by atoms with Gasteiger partial charge in [0.1, 0.15) is 24.2 Å². The number of H-pyrrole nitrogens is 1. The van der Waals surface area contributed by atoms with Gasteiger partial charge in [0.15, 0.2) is 23.8 Å². The molecular weight excluding hydrogens is 654 g/mol. The molecule has 14 nitrogen and oxygen atoms in total. The first-order chi connectivity index (χ1) is 23.8. The van der Waals surface area contributed by atoms with Gasteiger partial charge in [0, 0.05) is 51.0 Å². The molecular formula is C36H37NO13. The monoisotopic (exact) mass is 691 g/mol. The van der Waals surface area contributed by atoms with Crippen molar-refractivity contribution < 1.29 is 61.9 Å². The minimum absolute atomic E-state index is 0.143. The average Bonchev–Trinajstić information content (AvgIpc) is 3.52. The highest BCUT2D eigenvalue weighted by Gasteiger charge is 2.53. The SMILES string of the molecule is COc1cc(O[C@@H]2O[C@H](COC(C)=O)[C@@H](OC(C)=O)[C@H](OC(C)=O)[C@H]2OC(C)=O)ccc1/C=C/C(=O)CC(=O)/C=C/c1ccc2cc[nH]c2c1. The van der Waals surface area contributed by atoms with Gasteiger partial charge >= 0.3 is 23.9 Å². The van der Waals surface area contributed by atoms with Gasteiger partial charge in [-0.3, -0.25) is 28.8 Å². The minimum atomic E-state index is -1.45. The van der Waals surface area contributed by atoms with Crippen molar-refractivity contribution in [3.8, 4) is 11.5 Å². The van der Waals surface area contributed by atoms with Crippen molar-refractivity contribution in [1.29, 1.82) is 0 Å². The Labute approximate surface area is 287 Å². The van der Waals surface area contributed by atoms with Crippen molar-refractivity contribution in [2.75, 3.05) is 13.7 Å². The number of methoxy groups -OCH3 is 1. The van der Waals surface area contributed by atoms with Gasteiger partial charge in [0.2, 0.25) is 12.4 Å². The van der Waals surface area contributed by atoms with Crippen molar-refractivity contribution in [2.24, 2.45) is 0 Å². The summed E-state index contributed by atoms with van der Waals surface area (Å²) in [5.41, 5.74) is 2.21. The van der Waals surface area contributed by atoms with Crippen molar-refractivity contribution in [1.82, 2.24) is 4.98 Å². The summed E-state index contributed by atoms with van der Waals surface area (Å²) in [7, 11) is 1.39. The summed E-state index contributed by atoms with van der Waals surface area (Å²) in [5, 5.41) is 1.05. The molecule has 0 radical (unpaired) electrons. The van der Waals surface area contributed by atoms with E-state index in [2.05, 4.69) is 4.98 Å². The molecule has 0 amide bonds. The van der Waals surface area contributed by atoms with Crippen molar-refractivity contribution in [2.45, 2.75) is 64.8 Å². The molecule has 1 N–H and O–H groups in total. The molecule has 3 aromatic rings. The molecule has 1 aliphatic rings. The summed E-state index contributed by atoms with van der Waals surface area (Å²) >= 11 is 0. The summed E-state index contributed by atoms with van der Waals surface area (Å²) in [5.74, 6) is -3.37. The first kappa shape index (κ1) is 37.1. The van der Waals surface area contributed by atoms with Gasteiger partial charge in [-0.15, -0.1) is 0 Å². The lowest BCUT2D eigenvalue weighted by atomic mass is 9.98. The van der Waals surface area contributed by atoms with E-state index in [1.165, 1.54) is 44.4 Å². The molecule has 0 aliphatic carbocycles. The summed E-state index contributed by atoms with van der Waals surface area (Å²) in [6.45, 7) is 4.10. The highest BCUT2D eigenvalue weighted by molar-refractivity contribution is 6.11. The Hall–Kier alpha value is -5.76. The summed E-state index contributed by atoms with van der Waals surface area (Å²) in [4.78, 5) is 75.9. The molecule has 5 atom stereocenters. The predicted octanol–water partition coefficient (Wildman–Crippen LogP) is 3.89. The fourth-order valence-electron chi connectivity index (χ4n) is 5.15. The zero-order chi connectivity index (χ0) is 36.4. The number of ketones is 2. The number of benzene rings is 2. The largest absolute Gasteiger partial charge is 0.496 e. The van der Waals surface area contributed by atoms with Gasteiger partial charge in [-0.25, -0.2) is 0 Å². The molecule has 1 aromatic heterocycles. The van der Waals surface area contributed by atoms with E-state index in [9.17, 15) is 28.8 Å². The average molecular weight is 692 g/mol. The number of esters is 4. The zero-order valence-electron chi connectivity index (χ0n) is 28.0. The molecule has 2 aromatic carbocycles. The molecule has 1 fully saturated rings. The lowest BCUT2D eigenvalue weighted by molar-refractivity contribution is -0.288. The molecule has 0 saturated carbocycles. The van der Waals surface area contributed by atoms with Gasteiger partial charge in [0.25, 0.3) is 0 Å². The van der Waals surface area contributed by atoms with Crippen LogP contribution in [0.5, 0.6) is 11.5 Å². The number of ether oxygens (including phenoxy) is 7. The van der Waals surface area contributed by atoms with Crippen LogP contribution in [0.15, 0.2) is 60.8 Å². The van der Waals surface area contributed by atoms with E-state index in [1.54, 1.807) is 12.1 Å². The summed E-state index contributed by atoms with van der Waals surface area (Å²) < 4.78 is 38.8. The third kappa shape index (κ3) is 10.4. The van der Waals surface area contributed by atoms with Crippen molar-refractivity contribution in [3.05, 3.63) is 71.9 Å². The number of rotatable bonds is 14. The highest BCUT2D eigenvalue weighted by atomic mass is 16.7. The minimum Gasteiger partial charge on any atom is -0.496 e. The lowest BCUT2D eigenvalue weighted by Crippen LogP contribution is -2.63. The van der Waals surface area contributed by atoms with E-state index in [4.69, 9.17) is 33.2 Å². The fourth-order valence-corrected chi connectivity index (χ4v) is 5.15. The molecule has 50 heavy (non-hydrogen) atoms. The Morgan fingerprint density at radius 2 is 1.42 bits per heavy atom. The summed E-state index contributed by atoms with van der Waals surface area (Å²) in [6, 6.07) is 12.2. The van der Waals surface area contributed by atoms with Crippen LogP contribution in [-0.2, 0) is 52.5 Å².